The van der Waals surface area contributed by atoms with Crippen LogP contribution >= 0.6 is 45.2 Å². The molecular formula is C82H10B2I2. The van der Waals surface area contributed by atoms with Crippen LogP contribution in [0.15, 0.2) is 0 Å². The monoisotopic (exact) mass is 1270 g/mol. The number of hydrogen-bond acceptors (Lipinski definition) is 0. The summed E-state index contributed by atoms with van der Waals surface area (Å²) in [5, 5.41) is 0. The predicted octanol–water partition coefficient (Wildman–Crippen LogP) is 2.66. The van der Waals surface area contributed by atoms with Gasteiger partial charge in [-0.3, -0.25) is 0 Å². The van der Waals surface area contributed by atoms with E-state index in [-0.39, 0.29) is 31.7 Å². The molecule has 0 aromatic carbocycles. The number of rotatable bonds is 0. The van der Waals surface area contributed by atoms with Gasteiger partial charge < -0.3 is 0 Å². The Morgan fingerprint density at radius 2 is 0.174 bits per heavy atom. The summed E-state index contributed by atoms with van der Waals surface area (Å²) in [6.07, 6.45) is 9.86. The molecule has 0 aliphatic carbocycles. The molecule has 0 amide bonds. The summed E-state index contributed by atoms with van der Waals surface area (Å²) in [4.78, 5) is 0. The Morgan fingerprint density at radius 3 is 0.233 bits per heavy atom. The van der Waals surface area contributed by atoms with Crippen molar-refractivity contribution in [1.29, 1.82) is 0 Å². The zero-order valence-corrected chi connectivity index (χ0v) is 46.4. The second-order valence-electron chi connectivity index (χ2n) is 9.73. The van der Waals surface area contributed by atoms with Crippen molar-refractivity contribution in [3.63, 3.8) is 0 Å². The van der Waals surface area contributed by atoms with Crippen LogP contribution in [-0.4, -0.2) is 16.8 Å². The van der Waals surface area contributed by atoms with Crippen LogP contribution in [0.25, 0.3) is 0 Å². The van der Waals surface area contributed by atoms with E-state index in [1.165, 1.54) is 0 Å². The van der Waals surface area contributed by atoms with Gasteiger partial charge >= 0.3 is 0 Å². The van der Waals surface area contributed by atoms with Crippen molar-refractivity contribution in [1.82, 2.24) is 0 Å². The Balaban J connectivity index is -0.000000395. The molecule has 0 atom stereocenters. The van der Waals surface area contributed by atoms with E-state index in [1.807, 2.05) is 45.2 Å². The standard InChI is InChI=1S/C50HI.C30HI.2CH4.2B/c1-2-3-4-5-6-7-8-9-10-11-12-13-14-15-16-17-18-19-20-21-22-23-24-25-26-27-28-29-30-31-32-33-34-35-36-37-38-39-40-41-42-43-44-45-46-47-48-49-50-51;1-2-3-4-5-6-7-8-9-10-11-12-13-14-15-16-17-18-19-20-21-22-23-24-25-26-27-28-29-30-31;;;;/h1H;1H;2*1H4;;. The first-order chi connectivity index (χ1) is 40.8. The third-order valence-electron chi connectivity index (χ3n) is 4.74. The third kappa shape index (κ3) is 84.8. The maximum absolute atomic E-state index is 4.94. The second kappa shape index (κ2) is 83.0. The van der Waals surface area contributed by atoms with Gasteiger partial charge in [-0.1, -0.05) is 14.9 Å². The third-order valence-corrected chi connectivity index (χ3v) is 5.28. The average Bonchev–Trinajstić information content (AvgIpc) is 3.49. The maximum atomic E-state index is 4.94. The van der Waals surface area contributed by atoms with Crippen LogP contribution in [0.5, 0.6) is 0 Å². The molecule has 0 spiro atoms. The molecule has 0 aromatic heterocycles. The van der Waals surface area contributed by atoms with Crippen LogP contribution in [0.2, 0.25) is 0 Å². The summed E-state index contributed by atoms with van der Waals surface area (Å²) < 4.78 is 5.19. The molecule has 86 heavy (non-hydrogen) atoms. The van der Waals surface area contributed by atoms with E-state index in [4.69, 9.17) is 12.8 Å². The lowest BCUT2D eigenvalue weighted by Crippen LogP contribution is -1.57. The minimum absolute atomic E-state index is 0. The number of hydrogen-bond donors (Lipinski definition) is 0. The van der Waals surface area contributed by atoms with Crippen molar-refractivity contribution in [2.75, 3.05) is 0 Å². The highest BCUT2D eigenvalue weighted by molar-refractivity contribution is 14.1. The lowest BCUT2D eigenvalue weighted by Gasteiger charge is -1.57. The SMILES string of the molecule is C.C.C#CC#CC#CC#CC#CC#CC#CC#CC#CC#CC#CC#CC#CC#CC#CC#CC#CC#CC#CC#CC#CC#CC#CC#CC#CI.C#CC#CC#CC#CC#CC#CC#CC#CC#CC#CC#CC#CC#CC#CC#CI.[B].[B]. The van der Waals surface area contributed by atoms with E-state index in [1.54, 1.807) is 0 Å². The molecule has 0 bridgehead atoms. The van der Waals surface area contributed by atoms with Crippen LogP contribution in [-0.2, 0) is 0 Å². The van der Waals surface area contributed by atoms with Crippen molar-refractivity contribution < 1.29 is 0 Å². The molecule has 0 N–H and O–H groups in total. The van der Waals surface area contributed by atoms with Crippen molar-refractivity contribution in [2.45, 2.75) is 14.9 Å². The lowest BCUT2D eigenvalue weighted by atomic mass is 10.4. The van der Waals surface area contributed by atoms with Gasteiger partial charge in [0.2, 0.25) is 0 Å². The molecule has 0 nitrogen and oxygen atoms in total. The molecule has 0 saturated carbocycles. The smallest absolute Gasteiger partial charge is 0.0192 e. The van der Waals surface area contributed by atoms with Crippen LogP contribution in [0.3, 0.4) is 0 Å². The second-order valence-corrected chi connectivity index (χ2v) is 10.8. The van der Waals surface area contributed by atoms with Gasteiger partial charge in [0.1, 0.15) is 0 Å². The minimum atomic E-state index is 0. The Hall–Kier alpha value is -16.0. The molecule has 0 heterocycles. The molecule has 0 fully saturated rings. The number of terminal acetylenes is 2. The largest absolute Gasteiger partial charge is 0.106 e. The van der Waals surface area contributed by atoms with Gasteiger partial charge in [0.05, 0.1) is 0 Å². The first-order valence-corrected chi connectivity index (χ1v) is 22.1. The first kappa shape index (κ1) is 81.4. The Kier molecular flexibility index (Phi) is 78.5. The van der Waals surface area contributed by atoms with Crippen molar-refractivity contribution >= 4 is 62.0 Å². The van der Waals surface area contributed by atoms with Crippen LogP contribution < -0.4 is 0 Å². The van der Waals surface area contributed by atoms with Gasteiger partial charge in [0.25, 0.3) is 0 Å². The Morgan fingerprint density at radius 1 is 0.116 bits per heavy atom. The molecule has 358 valence electrons. The fraction of sp³-hybridized carbons (Fsp3) is 0.0244. The molecule has 0 aliphatic rings. The normalized spacial score (nSPS) is 3.72. The molecule has 0 unspecified atom stereocenters. The fourth-order valence-corrected chi connectivity index (χ4v) is 2.58. The highest BCUT2D eigenvalue weighted by Gasteiger charge is 1.65. The van der Waals surface area contributed by atoms with Crippen LogP contribution in [0.4, 0.5) is 0 Å². The summed E-state index contributed by atoms with van der Waals surface area (Å²) in [7, 11) is 0. The first-order valence-electron chi connectivity index (χ1n) is 20.0. The summed E-state index contributed by atoms with van der Waals surface area (Å²) in [5.74, 6) is 188. The van der Waals surface area contributed by atoms with Gasteiger partial charge in [0.15, 0.2) is 0 Å². The van der Waals surface area contributed by atoms with E-state index in [2.05, 4.69) is 458 Å². The van der Waals surface area contributed by atoms with E-state index < -0.39 is 0 Å². The van der Waals surface area contributed by atoms with E-state index >= 15 is 0 Å². The molecule has 0 rings (SSSR count). The van der Waals surface area contributed by atoms with E-state index in [9.17, 15) is 0 Å². The molecule has 4 heteroatoms. The molecule has 0 aliphatic heterocycles. The van der Waals surface area contributed by atoms with Gasteiger partial charge in [0, 0.05) is 323 Å². The zero-order valence-electron chi connectivity index (χ0n) is 42.1. The average molecular weight is 1270 g/mol. The Labute approximate surface area is 542 Å². The van der Waals surface area contributed by atoms with E-state index in [0.717, 1.165) is 0 Å². The fourth-order valence-electron chi connectivity index (χ4n) is 2.31. The summed E-state index contributed by atoms with van der Waals surface area (Å²) in [6, 6.07) is 0. The molecule has 6 radical (unpaired) electrons. The van der Waals surface area contributed by atoms with Gasteiger partial charge in [-0.15, -0.1) is 12.8 Å². The maximum Gasteiger partial charge on any atom is 0.0192 e. The Bertz CT molecular complexity index is 5460. The molecule has 0 saturated heterocycles. The van der Waals surface area contributed by atoms with Crippen LogP contribution in [0.1, 0.15) is 14.9 Å². The highest BCUT2D eigenvalue weighted by atomic mass is 127. The van der Waals surface area contributed by atoms with Crippen molar-refractivity contribution in [3.8, 4) is 471 Å². The van der Waals surface area contributed by atoms with Crippen molar-refractivity contribution in [2.24, 2.45) is 0 Å². The minimum Gasteiger partial charge on any atom is -0.106 e. The topological polar surface area (TPSA) is 0 Å². The van der Waals surface area contributed by atoms with Crippen molar-refractivity contribution in [3.05, 3.63) is 0 Å². The summed E-state index contributed by atoms with van der Waals surface area (Å²) in [6.45, 7) is 0. The van der Waals surface area contributed by atoms with Gasteiger partial charge in [-0.05, 0) is 197 Å². The molecule has 0 aromatic rings. The molecular weight excluding hydrogens is 1260 g/mol. The quantitative estimate of drug-likeness (QED) is 0.199. The predicted molar refractivity (Wildman–Crippen MR) is 366 cm³/mol. The summed E-state index contributed by atoms with van der Waals surface area (Å²) >= 11 is 3.77. The van der Waals surface area contributed by atoms with Crippen LogP contribution in [0, 0.1) is 471 Å². The highest BCUT2D eigenvalue weighted by Crippen LogP contribution is 1.69. The lowest BCUT2D eigenvalue weighted by molar-refractivity contribution is 2.31. The number of halogens is 2. The summed E-state index contributed by atoms with van der Waals surface area (Å²) in [5.41, 5.74) is 0. The van der Waals surface area contributed by atoms with E-state index in [0.29, 0.717) is 0 Å². The van der Waals surface area contributed by atoms with Gasteiger partial charge in [-0.2, -0.15) is 0 Å². The zero-order chi connectivity index (χ0) is 59.2. The van der Waals surface area contributed by atoms with Gasteiger partial charge in [-0.25, -0.2) is 0 Å².